The first-order valence-corrected chi connectivity index (χ1v) is 12.2. The maximum atomic E-state index is 12.5. The number of carbonyl (C=O) groups excluding carboxylic acids is 1. The zero-order chi connectivity index (χ0) is 21.4. The van der Waals surface area contributed by atoms with Gasteiger partial charge < -0.3 is 10.2 Å². The maximum absolute atomic E-state index is 12.5. The molecule has 0 spiro atoms. The third-order valence-corrected chi connectivity index (χ3v) is 7.82. The highest BCUT2D eigenvalue weighted by atomic mass is 32.1. The molecular formula is C23H25N5OS2. The number of hydrogen-bond donors (Lipinski definition) is 1. The summed E-state index contributed by atoms with van der Waals surface area (Å²) in [6, 6.07) is 10.1. The van der Waals surface area contributed by atoms with Crippen molar-refractivity contribution in [2.45, 2.75) is 13.8 Å². The number of piperazine rings is 1. The van der Waals surface area contributed by atoms with E-state index in [0.29, 0.717) is 12.1 Å². The number of hydrogen-bond acceptors (Lipinski definition) is 7. The third-order valence-electron chi connectivity index (χ3n) is 5.76. The van der Waals surface area contributed by atoms with E-state index in [-0.39, 0.29) is 5.91 Å². The molecule has 1 N–H and O–H groups in total. The van der Waals surface area contributed by atoms with E-state index in [4.69, 9.17) is 4.98 Å². The molecule has 0 unspecified atom stereocenters. The largest absolute Gasteiger partial charge is 0.351 e. The summed E-state index contributed by atoms with van der Waals surface area (Å²) in [7, 11) is 0. The quantitative estimate of drug-likeness (QED) is 0.496. The van der Waals surface area contributed by atoms with Gasteiger partial charge in [-0.05, 0) is 49.2 Å². The van der Waals surface area contributed by atoms with Gasteiger partial charge in [0.1, 0.15) is 0 Å². The fourth-order valence-corrected chi connectivity index (χ4v) is 5.87. The van der Waals surface area contributed by atoms with Gasteiger partial charge in [-0.3, -0.25) is 9.69 Å². The zero-order valence-electron chi connectivity index (χ0n) is 17.7. The molecule has 0 radical (unpaired) electrons. The predicted octanol–water partition coefficient (Wildman–Crippen LogP) is 4.07. The molecule has 0 bridgehead atoms. The minimum absolute atomic E-state index is 0.0194. The second-order valence-corrected chi connectivity index (χ2v) is 9.91. The molecule has 2 aromatic carbocycles. The van der Waals surface area contributed by atoms with Gasteiger partial charge in [-0.1, -0.05) is 17.4 Å². The van der Waals surface area contributed by atoms with Crippen molar-refractivity contribution in [1.29, 1.82) is 0 Å². The van der Waals surface area contributed by atoms with E-state index in [0.717, 1.165) is 53.6 Å². The maximum Gasteiger partial charge on any atom is 0.251 e. The van der Waals surface area contributed by atoms with Crippen molar-refractivity contribution < 1.29 is 4.79 Å². The summed E-state index contributed by atoms with van der Waals surface area (Å²) in [6.45, 7) is 9.70. The molecule has 6 nitrogen and oxygen atoms in total. The van der Waals surface area contributed by atoms with Gasteiger partial charge in [-0.2, -0.15) is 0 Å². The minimum atomic E-state index is -0.0194. The number of thiazole rings is 2. The summed E-state index contributed by atoms with van der Waals surface area (Å²) < 4.78 is 2.34. The Kier molecular flexibility index (Phi) is 5.60. The van der Waals surface area contributed by atoms with Gasteiger partial charge in [0.05, 0.1) is 25.9 Å². The molecule has 1 saturated heterocycles. The molecule has 0 saturated carbocycles. The molecule has 1 aliphatic rings. The van der Waals surface area contributed by atoms with Gasteiger partial charge in [0.25, 0.3) is 5.91 Å². The number of amides is 1. The number of carbonyl (C=O) groups is 1. The number of rotatable bonds is 5. The lowest BCUT2D eigenvalue weighted by molar-refractivity contribution is 0.0948. The fourth-order valence-electron chi connectivity index (χ4n) is 4.09. The summed E-state index contributed by atoms with van der Waals surface area (Å²) in [5.74, 6) is -0.0194. The van der Waals surface area contributed by atoms with Gasteiger partial charge in [-0.15, -0.1) is 11.3 Å². The summed E-state index contributed by atoms with van der Waals surface area (Å²) in [5.41, 5.74) is 7.13. The molecule has 160 valence electrons. The number of benzene rings is 2. The Hall–Kier alpha value is -2.55. The highest BCUT2D eigenvalue weighted by Crippen LogP contribution is 2.32. The van der Waals surface area contributed by atoms with E-state index in [9.17, 15) is 4.79 Å². The van der Waals surface area contributed by atoms with Crippen LogP contribution in [0.1, 0.15) is 21.5 Å². The van der Waals surface area contributed by atoms with Crippen LogP contribution >= 0.6 is 22.7 Å². The second-order valence-electron chi connectivity index (χ2n) is 8.05. The van der Waals surface area contributed by atoms with E-state index in [1.165, 1.54) is 15.8 Å². The number of aromatic nitrogens is 2. The van der Waals surface area contributed by atoms with Crippen LogP contribution in [0.5, 0.6) is 0 Å². The van der Waals surface area contributed by atoms with Crippen molar-refractivity contribution in [2.75, 3.05) is 44.2 Å². The van der Waals surface area contributed by atoms with Gasteiger partial charge in [-0.25, -0.2) is 9.97 Å². The summed E-state index contributed by atoms with van der Waals surface area (Å²) in [4.78, 5) is 26.4. The van der Waals surface area contributed by atoms with Crippen LogP contribution in [-0.4, -0.2) is 60.0 Å². The number of nitrogens with zero attached hydrogens (tertiary/aromatic N) is 4. The number of fused-ring (bicyclic) bond motifs is 2. The van der Waals surface area contributed by atoms with Crippen LogP contribution in [0.2, 0.25) is 0 Å². The van der Waals surface area contributed by atoms with Gasteiger partial charge in [0.15, 0.2) is 5.13 Å². The molecule has 1 amide bonds. The van der Waals surface area contributed by atoms with Crippen molar-refractivity contribution in [3.8, 4) is 0 Å². The Morgan fingerprint density at radius 2 is 1.94 bits per heavy atom. The van der Waals surface area contributed by atoms with Crippen LogP contribution in [0, 0.1) is 13.8 Å². The first-order chi connectivity index (χ1) is 15.1. The Balaban J connectivity index is 1.12. The van der Waals surface area contributed by atoms with Crippen LogP contribution in [0.15, 0.2) is 35.8 Å². The molecule has 1 fully saturated rings. The summed E-state index contributed by atoms with van der Waals surface area (Å²) in [6.07, 6.45) is 0. The topological polar surface area (TPSA) is 61.4 Å². The average molecular weight is 452 g/mol. The third kappa shape index (κ3) is 4.28. The first kappa shape index (κ1) is 20.4. The second kappa shape index (κ2) is 8.53. The Bertz CT molecular complexity index is 1240. The average Bonchev–Trinajstić information content (AvgIpc) is 3.40. The molecule has 5 rings (SSSR count). The predicted molar refractivity (Wildman–Crippen MR) is 130 cm³/mol. The standard InChI is InChI=1S/C23H25N5OS2/c1-15-11-16(2)21-19(12-15)26-23(31-21)28-9-7-27(8-10-28)6-5-24-22(29)17-3-4-18-20(13-17)30-14-25-18/h3-4,11-14H,5-10H2,1-2H3,(H,24,29). The van der Waals surface area contributed by atoms with Crippen LogP contribution in [0.25, 0.3) is 20.4 Å². The Labute approximate surface area is 189 Å². The molecule has 0 atom stereocenters. The summed E-state index contributed by atoms with van der Waals surface area (Å²) in [5, 5.41) is 4.18. The normalized spacial score (nSPS) is 15.1. The van der Waals surface area contributed by atoms with Crippen LogP contribution in [0.3, 0.4) is 0 Å². The number of anilines is 1. The van der Waals surface area contributed by atoms with Gasteiger partial charge in [0, 0.05) is 44.8 Å². The summed E-state index contributed by atoms with van der Waals surface area (Å²) >= 11 is 3.35. The van der Waals surface area contributed by atoms with E-state index in [1.807, 2.05) is 23.7 Å². The number of nitrogens with one attached hydrogen (secondary N) is 1. The molecular weight excluding hydrogens is 426 g/mol. The molecule has 1 aliphatic heterocycles. The fraction of sp³-hybridized carbons (Fsp3) is 0.348. The van der Waals surface area contributed by atoms with Crippen LogP contribution < -0.4 is 10.2 Å². The van der Waals surface area contributed by atoms with Crippen molar-refractivity contribution in [3.63, 3.8) is 0 Å². The smallest absolute Gasteiger partial charge is 0.251 e. The van der Waals surface area contributed by atoms with E-state index >= 15 is 0 Å². The number of aryl methyl sites for hydroxylation is 2. The van der Waals surface area contributed by atoms with E-state index in [1.54, 1.807) is 22.7 Å². The van der Waals surface area contributed by atoms with E-state index < -0.39 is 0 Å². The molecule has 4 aromatic rings. The van der Waals surface area contributed by atoms with Crippen molar-refractivity contribution in [3.05, 3.63) is 52.5 Å². The monoisotopic (exact) mass is 451 g/mol. The van der Waals surface area contributed by atoms with Crippen molar-refractivity contribution in [1.82, 2.24) is 20.2 Å². The minimum Gasteiger partial charge on any atom is -0.351 e. The lowest BCUT2D eigenvalue weighted by Crippen LogP contribution is -2.48. The molecule has 8 heteroatoms. The van der Waals surface area contributed by atoms with Gasteiger partial charge in [0.2, 0.25) is 0 Å². The van der Waals surface area contributed by atoms with E-state index in [2.05, 4.69) is 46.1 Å². The lowest BCUT2D eigenvalue weighted by Gasteiger charge is -2.34. The first-order valence-electron chi connectivity index (χ1n) is 10.5. The zero-order valence-corrected chi connectivity index (χ0v) is 19.4. The van der Waals surface area contributed by atoms with Crippen molar-refractivity contribution in [2.24, 2.45) is 0 Å². The molecule has 0 aliphatic carbocycles. The molecule has 3 heterocycles. The SMILES string of the molecule is Cc1cc(C)c2sc(N3CCN(CCNC(=O)c4ccc5ncsc5c4)CC3)nc2c1. The lowest BCUT2D eigenvalue weighted by atomic mass is 10.1. The molecule has 2 aromatic heterocycles. The van der Waals surface area contributed by atoms with Gasteiger partial charge >= 0.3 is 0 Å². The Morgan fingerprint density at radius 1 is 1.10 bits per heavy atom. The van der Waals surface area contributed by atoms with Crippen molar-refractivity contribution >= 4 is 54.1 Å². The highest BCUT2D eigenvalue weighted by molar-refractivity contribution is 7.22. The Morgan fingerprint density at radius 3 is 2.77 bits per heavy atom. The molecule has 31 heavy (non-hydrogen) atoms. The van der Waals surface area contributed by atoms with Crippen LogP contribution in [0.4, 0.5) is 5.13 Å². The highest BCUT2D eigenvalue weighted by Gasteiger charge is 2.20. The van der Waals surface area contributed by atoms with Crippen LogP contribution in [-0.2, 0) is 0 Å².